The van der Waals surface area contributed by atoms with E-state index in [4.69, 9.17) is 21.3 Å². The second-order valence-corrected chi connectivity index (χ2v) is 8.10. The molecule has 1 unspecified atom stereocenters. The number of halogens is 2. The fourth-order valence-electron chi connectivity index (χ4n) is 3.93. The number of imidazole rings is 1. The van der Waals surface area contributed by atoms with Crippen LogP contribution in [0.2, 0.25) is 5.02 Å². The molecule has 1 aliphatic rings. The van der Waals surface area contributed by atoms with Crippen molar-refractivity contribution in [1.82, 2.24) is 19.6 Å². The lowest BCUT2D eigenvalue weighted by Crippen LogP contribution is -2.41. The molecule has 0 aliphatic carbocycles. The van der Waals surface area contributed by atoms with Gasteiger partial charge in [0.1, 0.15) is 11.5 Å². The van der Waals surface area contributed by atoms with Crippen molar-refractivity contribution in [2.75, 3.05) is 33.8 Å². The zero-order valence-electron chi connectivity index (χ0n) is 17.2. The third-order valence-corrected chi connectivity index (χ3v) is 5.73. The Bertz CT molecular complexity index is 1110. The van der Waals surface area contributed by atoms with E-state index < -0.39 is 11.7 Å². The number of aryl methyl sites for hydroxylation is 1. The molecule has 30 heavy (non-hydrogen) atoms. The molecule has 6 nitrogen and oxygen atoms in total. The van der Waals surface area contributed by atoms with E-state index in [0.717, 1.165) is 24.3 Å². The number of carbonyl (C=O) groups is 1. The van der Waals surface area contributed by atoms with Crippen LogP contribution < -0.4 is 5.32 Å². The van der Waals surface area contributed by atoms with Crippen LogP contribution >= 0.6 is 11.6 Å². The van der Waals surface area contributed by atoms with Gasteiger partial charge in [0, 0.05) is 49.4 Å². The summed E-state index contributed by atoms with van der Waals surface area (Å²) in [6.07, 6.45) is 2.51. The van der Waals surface area contributed by atoms with Gasteiger partial charge in [-0.3, -0.25) is 4.79 Å². The zero-order valence-corrected chi connectivity index (χ0v) is 18.0. The Labute approximate surface area is 179 Å². The first-order valence-electron chi connectivity index (χ1n) is 9.86. The Morgan fingerprint density at radius 2 is 2.20 bits per heavy atom. The molecule has 3 heterocycles. The van der Waals surface area contributed by atoms with E-state index in [1.54, 1.807) is 18.2 Å². The van der Waals surface area contributed by atoms with Crippen molar-refractivity contribution in [2.45, 2.75) is 19.4 Å². The number of nitrogens with zero attached hydrogens (tertiary/aromatic N) is 3. The Hall–Kier alpha value is -2.48. The number of likely N-dealkylation sites (N-methyl/N-ethyl adjacent to an activating group) is 1. The highest BCUT2D eigenvalue weighted by molar-refractivity contribution is 6.30. The maximum absolute atomic E-state index is 14.8. The van der Waals surface area contributed by atoms with Crippen LogP contribution in [0.5, 0.6) is 0 Å². The Kier molecular flexibility index (Phi) is 5.77. The molecule has 3 aromatic rings. The van der Waals surface area contributed by atoms with Crippen molar-refractivity contribution in [2.24, 2.45) is 0 Å². The van der Waals surface area contributed by atoms with Crippen LogP contribution in [-0.2, 0) is 11.2 Å². The predicted molar refractivity (Wildman–Crippen MR) is 115 cm³/mol. The molecule has 158 valence electrons. The van der Waals surface area contributed by atoms with Gasteiger partial charge in [-0.2, -0.15) is 0 Å². The van der Waals surface area contributed by atoms with Crippen molar-refractivity contribution in [3.05, 3.63) is 58.1 Å². The normalized spacial score (nSPS) is 17.4. The topological polar surface area (TPSA) is 58.9 Å². The maximum Gasteiger partial charge on any atom is 0.254 e. The average Bonchev–Trinajstić information content (AvgIpc) is 3.06. The van der Waals surface area contributed by atoms with E-state index in [0.29, 0.717) is 35.0 Å². The van der Waals surface area contributed by atoms with Crippen molar-refractivity contribution >= 4 is 23.2 Å². The highest BCUT2D eigenvalue weighted by Gasteiger charge is 2.25. The molecule has 1 amide bonds. The molecule has 0 radical (unpaired) electrons. The van der Waals surface area contributed by atoms with Gasteiger partial charge >= 0.3 is 0 Å². The van der Waals surface area contributed by atoms with Crippen LogP contribution in [0.15, 0.2) is 30.5 Å². The van der Waals surface area contributed by atoms with E-state index in [9.17, 15) is 9.18 Å². The summed E-state index contributed by atoms with van der Waals surface area (Å²) in [5, 5.41) is 3.05. The summed E-state index contributed by atoms with van der Waals surface area (Å²) < 4.78 is 22.7. The molecule has 0 spiro atoms. The molecule has 1 N–H and O–H groups in total. The third-order valence-electron chi connectivity index (χ3n) is 5.49. The predicted octanol–water partition coefficient (Wildman–Crippen LogP) is 3.33. The standard InChI is InChI=1S/C22H24ClFN4O2/c1-13-8-17(22(29)25-2)18(24)11-16(13)21-19(10-15-12-27(3)6-7-30-15)28-5-4-14(23)9-20(28)26-21/h4-5,8-9,11,15H,6-7,10,12H2,1-3H3,(H,25,29). The number of rotatable bonds is 4. The van der Waals surface area contributed by atoms with Gasteiger partial charge in [-0.15, -0.1) is 0 Å². The van der Waals surface area contributed by atoms with Gasteiger partial charge in [0.15, 0.2) is 0 Å². The smallest absolute Gasteiger partial charge is 0.254 e. The van der Waals surface area contributed by atoms with Crippen LogP contribution in [0, 0.1) is 12.7 Å². The highest BCUT2D eigenvalue weighted by Crippen LogP contribution is 2.31. The van der Waals surface area contributed by atoms with Gasteiger partial charge in [0.25, 0.3) is 5.91 Å². The molecular weight excluding hydrogens is 407 g/mol. The lowest BCUT2D eigenvalue weighted by molar-refractivity contribution is -0.0190. The van der Waals surface area contributed by atoms with E-state index in [-0.39, 0.29) is 11.7 Å². The van der Waals surface area contributed by atoms with Crippen LogP contribution in [-0.4, -0.2) is 60.1 Å². The molecule has 1 aliphatic heterocycles. The highest BCUT2D eigenvalue weighted by atomic mass is 35.5. The summed E-state index contributed by atoms with van der Waals surface area (Å²) in [6.45, 7) is 4.24. The molecule has 0 saturated carbocycles. The summed E-state index contributed by atoms with van der Waals surface area (Å²) in [6, 6.07) is 6.54. The van der Waals surface area contributed by atoms with E-state index in [2.05, 4.69) is 17.3 Å². The van der Waals surface area contributed by atoms with Gasteiger partial charge in [0.2, 0.25) is 0 Å². The number of pyridine rings is 1. The van der Waals surface area contributed by atoms with Crippen molar-refractivity contribution in [1.29, 1.82) is 0 Å². The fourth-order valence-corrected chi connectivity index (χ4v) is 4.09. The van der Waals surface area contributed by atoms with E-state index in [1.807, 2.05) is 17.5 Å². The molecular formula is C22H24ClFN4O2. The first-order chi connectivity index (χ1) is 14.4. The lowest BCUT2D eigenvalue weighted by Gasteiger charge is -2.30. The van der Waals surface area contributed by atoms with E-state index in [1.165, 1.54) is 13.1 Å². The summed E-state index contributed by atoms with van der Waals surface area (Å²) >= 11 is 6.18. The van der Waals surface area contributed by atoms with Crippen LogP contribution in [0.3, 0.4) is 0 Å². The number of aromatic nitrogens is 2. The van der Waals surface area contributed by atoms with Crippen molar-refractivity contribution < 1.29 is 13.9 Å². The molecule has 0 bridgehead atoms. The molecule has 2 aromatic heterocycles. The monoisotopic (exact) mass is 430 g/mol. The fraction of sp³-hybridized carbons (Fsp3) is 0.364. The van der Waals surface area contributed by atoms with Gasteiger partial charge in [-0.1, -0.05) is 11.6 Å². The first-order valence-corrected chi connectivity index (χ1v) is 10.2. The molecule has 1 saturated heterocycles. The minimum Gasteiger partial charge on any atom is -0.375 e. The number of fused-ring (bicyclic) bond motifs is 1. The number of morpholine rings is 1. The number of hydrogen-bond donors (Lipinski definition) is 1. The molecule has 1 atom stereocenters. The van der Waals surface area contributed by atoms with Crippen molar-refractivity contribution in [3.8, 4) is 11.3 Å². The molecule has 1 fully saturated rings. The average molecular weight is 431 g/mol. The second-order valence-electron chi connectivity index (χ2n) is 7.67. The van der Waals surface area contributed by atoms with Gasteiger partial charge in [-0.25, -0.2) is 9.37 Å². The lowest BCUT2D eigenvalue weighted by atomic mass is 9.98. The number of hydrogen-bond acceptors (Lipinski definition) is 4. The summed E-state index contributed by atoms with van der Waals surface area (Å²) in [7, 11) is 3.55. The third kappa shape index (κ3) is 3.93. The van der Waals surface area contributed by atoms with Crippen LogP contribution in [0.25, 0.3) is 16.9 Å². The quantitative estimate of drug-likeness (QED) is 0.689. The van der Waals surface area contributed by atoms with Gasteiger partial charge < -0.3 is 19.4 Å². The summed E-state index contributed by atoms with van der Waals surface area (Å²) in [5.74, 6) is -1.03. The number of nitrogens with one attached hydrogen (secondary N) is 1. The molecule has 8 heteroatoms. The number of amides is 1. The molecule has 1 aromatic carbocycles. The number of ether oxygens (including phenoxy) is 1. The SMILES string of the molecule is CNC(=O)c1cc(C)c(-c2nc3cc(Cl)ccn3c2CC2CN(C)CCO2)cc1F. The largest absolute Gasteiger partial charge is 0.375 e. The summed E-state index contributed by atoms with van der Waals surface area (Å²) in [4.78, 5) is 19.0. The van der Waals surface area contributed by atoms with E-state index >= 15 is 0 Å². The molecule has 4 rings (SSSR count). The first kappa shape index (κ1) is 20.8. The minimum absolute atomic E-state index is 0.00775. The Morgan fingerprint density at radius 1 is 1.40 bits per heavy atom. The Balaban J connectivity index is 1.84. The second kappa shape index (κ2) is 8.34. The summed E-state index contributed by atoms with van der Waals surface area (Å²) in [5.41, 5.74) is 3.73. The maximum atomic E-state index is 14.8. The zero-order chi connectivity index (χ0) is 21.4. The van der Waals surface area contributed by atoms with Crippen LogP contribution in [0.1, 0.15) is 21.6 Å². The van der Waals surface area contributed by atoms with Crippen molar-refractivity contribution in [3.63, 3.8) is 0 Å². The number of carbonyl (C=O) groups excluding carboxylic acids is 1. The van der Waals surface area contributed by atoms with Crippen LogP contribution in [0.4, 0.5) is 4.39 Å². The number of benzene rings is 1. The Morgan fingerprint density at radius 3 is 2.93 bits per heavy atom. The van der Waals surface area contributed by atoms with Gasteiger partial charge in [0.05, 0.1) is 29.7 Å². The minimum atomic E-state index is -0.579. The van der Waals surface area contributed by atoms with Gasteiger partial charge in [-0.05, 0) is 37.7 Å².